The molecular weight excluding hydrogens is 300 g/mol. The molecule has 0 bridgehead atoms. The summed E-state index contributed by atoms with van der Waals surface area (Å²) in [5.74, 6) is 2.31. The number of carbonyl (C=O) groups excluding carboxylic acids is 2. The maximum Gasteiger partial charge on any atom is 0.311 e. The lowest BCUT2D eigenvalue weighted by atomic mass is 10.1. The molecule has 6 nitrogen and oxygen atoms in total. The van der Waals surface area contributed by atoms with E-state index in [1.54, 1.807) is 31.2 Å². The Hall–Kier alpha value is -2.76. The minimum absolute atomic E-state index is 0.0552. The molecule has 23 heavy (non-hydrogen) atoms. The number of Topliss-reactive ketones (excluding diaryl/α,β-unsaturated/α-hetero) is 1. The Labute approximate surface area is 132 Å². The zero-order valence-corrected chi connectivity index (χ0v) is 12.9. The van der Waals surface area contributed by atoms with Crippen molar-refractivity contribution < 1.29 is 28.2 Å². The maximum atomic E-state index is 11.9. The van der Waals surface area contributed by atoms with E-state index < -0.39 is 0 Å². The zero-order valence-electron chi connectivity index (χ0n) is 12.9. The minimum atomic E-state index is -0.387. The number of aryl methyl sites for hydroxylation is 2. The highest BCUT2D eigenvalue weighted by Crippen LogP contribution is 2.35. The summed E-state index contributed by atoms with van der Waals surface area (Å²) in [5, 5.41) is 0. The van der Waals surface area contributed by atoms with Gasteiger partial charge in [0.25, 0.3) is 0 Å². The number of ketones is 1. The largest absolute Gasteiger partial charge is 0.466 e. The summed E-state index contributed by atoms with van der Waals surface area (Å²) in [7, 11) is 0. The fraction of sp³-hybridized carbons (Fsp3) is 0.294. The van der Waals surface area contributed by atoms with E-state index in [1.807, 2.05) is 0 Å². The Morgan fingerprint density at radius 3 is 2.70 bits per heavy atom. The number of hydrogen-bond donors (Lipinski definition) is 0. The second kappa shape index (κ2) is 6.16. The lowest BCUT2D eigenvalue weighted by Gasteiger charge is -2.04. The van der Waals surface area contributed by atoms with Crippen molar-refractivity contribution in [2.75, 3.05) is 6.79 Å². The number of esters is 1. The van der Waals surface area contributed by atoms with Crippen LogP contribution in [0.1, 0.15) is 35.2 Å². The van der Waals surface area contributed by atoms with Crippen LogP contribution >= 0.6 is 0 Å². The van der Waals surface area contributed by atoms with Crippen LogP contribution in [-0.4, -0.2) is 18.5 Å². The second-order valence-corrected chi connectivity index (χ2v) is 5.23. The van der Waals surface area contributed by atoms with Crippen LogP contribution in [0.15, 0.2) is 28.7 Å². The number of ether oxygens (including phenoxy) is 3. The van der Waals surface area contributed by atoms with Gasteiger partial charge in [-0.25, -0.2) is 0 Å². The molecule has 1 aromatic carbocycles. The van der Waals surface area contributed by atoms with Gasteiger partial charge in [0.15, 0.2) is 17.3 Å². The van der Waals surface area contributed by atoms with Gasteiger partial charge in [-0.1, -0.05) is 0 Å². The van der Waals surface area contributed by atoms with Gasteiger partial charge in [-0.05, 0) is 32.0 Å². The van der Waals surface area contributed by atoms with E-state index in [9.17, 15) is 9.59 Å². The summed E-state index contributed by atoms with van der Waals surface area (Å²) in [6.07, 6.45) is 0.524. The third kappa shape index (κ3) is 3.36. The number of hydrogen-bond acceptors (Lipinski definition) is 6. The van der Waals surface area contributed by atoms with Gasteiger partial charge in [0, 0.05) is 12.5 Å². The molecule has 0 fully saturated rings. The molecule has 0 spiro atoms. The van der Waals surface area contributed by atoms with E-state index >= 15 is 0 Å². The molecule has 1 aromatic heterocycles. The van der Waals surface area contributed by atoms with E-state index in [1.165, 1.54) is 6.92 Å². The van der Waals surface area contributed by atoms with Crippen molar-refractivity contribution in [2.24, 2.45) is 0 Å². The SMILES string of the molecule is CC(=O)c1cc(CCC(=O)Oc2ccc3c(c2)OCO3)oc1C. The number of fused-ring (bicyclic) bond motifs is 1. The highest BCUT2D eigenvalue weighted by atomic mass is 16.7. The summed E-state index contributed by atoms with van der Waals surface area (Å²) in [6, 6.07) is 6.63. The van der Waals surface area contributed by atoms with Crippen LogP contribution in [0.4, 0.5) is 0 Å². The van der Waals surface area contributed by atoms with E-state index in [0.717, 1.165) is 0 Å². The van der Waals surface area contributed by atoms with Gasteiger partial charge in [0.2, 0.25) is 6.79 Å². The minimum Gasteiger partial charge on any atom is -0.466 e. The number of rotatable bonds is 5. The molecule has 1 aliphatic heterocycles. The third-order valence-corrected chi connectivity index (χ3v) is 3.50. The monoisotopic (exact) mass is 316 g/mol. The van der Waals surface area contributed by atoms with Crippen molar-refractivity contribution in [2.45, 2.75) is 26.7 Å². The first-order valence-corrected chi connectivity index (χ1v) is 7.23. The summed E-state index contributed by atoms with van der Waals surface area (Å²) in [4.78, 5) is 23.3. The Bertz CT molecular complexity index is 758. The number of furan rings is 1. The number of benzene rings is 1. The fourth-order valence-electron chi connectivity index (χ4n) is 2.36. The lowest BCUT2D eigenvalue weighted by molar-refractivity contribution is -0.134. The normalized spacial score (nSPS) is 12.3. The van der Waals surface area contributed by atoms with E-state index in [-0.39, 0.29) is 25.0 Å². The predicted molar refractivity (Wildman–Crippen MR) is 80.0 cm³/mol. The van der Waals surface area contributed by atoms with Crippen molar-refractivity contribution in [3.63, 3.8) is 0 Å². The van der Waals surface area contributed by atoms with Crippen LogP contribution < -0.4 is 14.2 Å². The molecule has 1 aliphatic rings. The molecule has 120 valence electrons. The smallest absolute Gasteiger partial charge is 0.311 e. The van der Waals surface area contributed by atoms with Gasteiger partial charge in [-0.3, -0.25) is 9.59 Å². The molecule has 0 N–H and O–H groups in total. The van der Waals surface area contributed by atoms with Crippen LogP contribution in [0.25, 0.3) is 0 Å². The molecule has 2 heterocycles. The molecule has 2 aromatic rings. The maximum absolute atomic E-state index is 11.9. The first-order chi connectivity index (χ1) is 11.0. The molecule has 3 rings (SSSR count). The van der Waals surface area contributed by atoms with Crippen molar-refractivity contribution in [1.29, 1.82) is 0 Å². The van der Waals surface area contributed by atoms with E-state index in [2.05, 4.69) is 0 Å². The molecular formula is C17H16O6. The van der Waals surface area contributed by atoms with E-state index in [0.29, 0.717) is 40.8 Å². The topological polar surface area (TPSA) is 75.0 Å². The molecule has 0 radical (unpaired) electrons. The summed E-state index contributed by atoms with van der Waals surface area (Å²) < 4.78 is 21.2. The van der Waals surface area contributed by atoms with Gasteiger partial charge in [-0.15, -0.1) is 0 Å². The van der Waals surface area contributed by atoms with Crippen molar-refractivity contribution in [1.82, 2.24) is 0 Å². The average Bonchev–Trinajstić information content (AvgIpc) is 3.10. The third-order valence-electron chi connectivity index (χ3n) is 3.50. The first kappa shape index (κ1) is 15.1. The zero-order chi connectivity index (χ0) is 16.4. The predicted octanol–water partition coefficient (Wildman–Crippen LogP) is 3.06. The molecule has 0 saturated heterocycles. The van der Waals surface area contributed by atoms with Crippen LogP contribution in [0, 0.1) is 6.92 Å². The summed E-state index contributed by atoms with van der Waals surface area (Å²) in [5.41, 5.74) is 0.545. The molecule has 6 heteroatoms. The Balaban J connectivity index is 1.57. The van der Waals surface area contributed by atoms with Gasteiger partial charge < -0.3 is 18.6 Å². The Kier molecular flexibility index (Phi) is 4.06. The summed E-state index contributed by atoms with van der Waals surface area (Å²) in [6.45, 7) is 3.38. The van der Waals surface area contributed by atoms with Crippen LogP contribution in [0.5, 0.6) is 17.2 Å². The van der Waals surface area contributed by atoms with Crippen molar-refractivity contribution in [3.8, 4) is 17.2 Å². The van der Waals surface area contributed by atoms with Gasteiger partial charge in [0.1, 0.15) is 17.3 Å². The molecule has 0 saturated carbocycles. The molecule has 0 amide bonds. The van der Waals surface area contributed by atoms with Gasteiger partial charge >= 0.3 is 5.97 Å². The van der Waals surface area contributed by atoms with Gasteiger partial charge in [-0.2, -0.15) is 0 Å². The average molecular weight is 316 g/mol. The van der Waals surface area contributed by atoms with Gasteiger partial charge in [0.05, 0.1) is 12.0 Å². The van der Waals surface area contributed by atoms with E-state index in [4.69, 9.17) is 18.6 Å². The second-order valence-electron chi connectivity index (χ2n) is 5.23. The molecule has 0 aliphatic carbocycles. The number of carbonyl (C=O) groups is 2. The van der Waals surface area contributed by atoms with Crippen LogP contribution in [-0.2, 0) is 11.2 Å². The van der Waals surface area contributed by atoms with Crippen molar-refractivity contribution >= 4 is 11.8 Å². The Morgan fingerprint density at radius 2 is 1.96 bits per heavy atom. The Morgan fingerprint density at radius 1 is 1.17 bits per heavy atom. The highest BCUT2D eigenvalue weighted by Gasteiger charge is 2.16. The van der Waals surface area contributed by atoms with Crippen LogP contribution in [0.2, 0.25) is 0 Å². The summed E-state index contributed by atoms with van der Waals surface area (Å²) >= 11 is 0. The standard InChI is InChI=1S/C17H16O6/c1-10(18)14-7-12(22-11(14)2)4-6-17(19)23-13-3-5-15-16(8-13)21-9-20-15/h3,5,7-8H,4,6,9H2,1-2H3. The quantitative estimate of drug-likeness (QED) is 0.479. The first-order valence-electron chi connectivity index (χ1n) is 7.23. The van der Waals surface area contributed by atoms with Crippen molar-refractivity contribution in [3.05, 3.63) is 41.3 Å². The highest BCUT2D eigenvalue weighted by molar-refractivity contribution is 5.95. The fourth-order valence-corrected chi connectivity index (χ4v) is 2.36. The van der Waals surface area contributed by atoms with Crippen LogP contribution in [0.3, 0.4) is 0 Å². The molecule has 0 unspecified atom stereocenters. The molecule has 0 atom stereocenters. The lowest BCUT2D eigenvalue weighted by Crippen LogP contribution is -2.08.